The van der Waals surface area contributed by atoms with Gasteiger partial charge in [0, 0.05) is 37.5 Å². The Balaban J connectivity index is 1.57. The molecule has 1 atom stereocenters. The van der Waals surface area contributed by atoms with Crippen molar-refractivity contribution in [1.82, 2.24) is 9.55 Å². The third kappa shape index (κ3) is 3.50. The molecular formula is C15H25N3O. The van der Waals surface area contributed by atoms with Crippen LogP contribution in [-0.4, -0.2) is 28.8 Å². The maximum Gasteiger partial charge on any atom is 0.202 e. The molecule has 3 rings (SSSR count). The predicted octanol–water partition coefficient (Wildman–Crippen LogP) is 3.05. The fraction of sp³-hybridized carbons (Fsp3) is 0.800. The van der Waals surface area contributed by atoms with Crippen molar-refractivity contribution in [1.29, 1.82) is 0 Å². The first kappa shape index (κ1) is 13.0. The molecule has 2 aliphatic rings. The number of hydrogen-bond acceptors (Lipinski definition) is 3. The molecule has 2 fully saturated rings. The zero-order valence-corrected chi connectivity index (χ0v) is 11.7. The maximum atomic E-state index is 5.57. The fourth-order valence-electron chi connectivity index (χ4n) is 3.26. The van der Waals surface area contributed by atoms with Crippen LogP contribution in [0.4, 0.5) is 5.95 Å². The second kappa shape index (κ2) is 6.42. The number of hydrogen-bond donors (Lipinski definition) is 1. The van der Waals surface area contributed by atoms with Gasteiger partial charge in [-0.25, -0.2) is 4.98 Å². The smallest absolute Gasteiger partial charge is 0.202 e. The molecule has 0 radical (unpaired) electrons. The van der Waals surface area contributed by atoms with E-state index in [1.54, 1.807) is 0 Å². The van der Waals surface area contributed by atoms with Crippen molar-refractivity contribution in [2.45, 2.75) is 57.5 Å². The van der Waals surface area contributed by atoms with E-state index in [9.17, 15) is 0 Å². The van der Waals surface area contributed by atoms with Gasteiger partial charge in [-0.2, -0.15) is 0 Å². The number of ether oxygens (including phenoxy) is 1. The first-order valence-corrected chi connectivity index (χ1v) is 7.77. The minimum Gasteiger partial charge on any atom is -0.381 e. The van der Waals surface area contributed by atoms with Crippen LogP contribution in [-0.2, 0) is 11.3 Å². The molecule has 0 aromatic carbocycles. The van der Waals surface area contributed by atoms with Gasteiger partial charge in [0.25, 0.3) is 0 Å². The Hall–Kier alpha value is -1.03. The molecule has 1 aliphatic heterocycles. The van der Waals surface area contributed by atoms with Crippen LogP contribution < -0.4 is 5.32 Å². The van der Waals surface area contributed by atoms with Gasteiger partial charge in [-0.15, -0.1) is 0 Å². The molecule has 2 heterocycles. The SMILES string of the molecule is c1cn(CC2CCCOC2)c(NC2CCCCC2)n1. The Morgan fingerprint density at radius 3 is 2.89 bits per heavy atom. The normalized spacial score (nSPS) is 25.4. The Labute approximate surface area is 115 Å². The average Bonchev–Trinajstić information content (AvgIpc) is 2.88. The molecule has 1 unspecified atom stereocenters. The third-order valence-electron chi connectivity index (χ3n) is 4.36. The van der Waals surface area contributed by atoms with Crippen LogP contribution in [0.5, 0.6) is 0 Å². The summed E-state index contributed by atoms with van der Waals surface area (Å²) in [4.78, 5) is 4.49. The standard InChI is InChI=1S/C15H25N3O/c1-2-6-14(7-3-1)17-15-16-8-9-18(15)11-13-5-4-10-19-12-13/h8-9,13-14H,1-7,10-12H2,(H,16,17). The molecule has 1 saturated heterocycles. The van der Waals surface area contributed by atoms with E-state index < -0.39 is 0 Å². The lowest BCUT2D eigenvalue weighted by Gasteiger charge is -2.26. The van der Waals surface area contributed by atoms with E-state index in [-0.39, 0.29) is 0 Å². The molecule has 4 heteroatoms. The van der Waals surface area contributed by atoms with E-state index in [4.69, 9.17) is 4.74 Å². The summed E-state index contributed by atoms with van der Waals surface area (Å²) in [5.41, 5.74) is 0. The highest BCUT2D eigenvalue weighted by molar-refractivity contribution is 5.27. The maximum absolute atomic E-state index is 5.57. The van der Waals surface area contributed by atoms with Crippen molar-refractivity contribution in [3.8, 4) is 0 Å². The number of nitrogens with one attached hydrogen (secondary N) is 1. The molecule has 4 nitrogen and oxygen atoms in total. The largest absolute Gasteiger partial charge is 0.381 e. The van der Waals surface area contributed by atoms with Crippen molar-refractivity contribution < 1.29 is 4.74 Å². The predicted molar refractivity (Wildman–Crippen MR) is 76.3 cm³/mol. The third-order valence-corrected chi connectivity index (χ3v) is 4.36. The van der Waals surface area contributed by atoms with E-state index in [2.05, 4.69) is 21.1 Å². The number of aromatic nitrogens is 2. The fourth-order valence-corrected chi connectivity index (χ4v) is 3.26. The van der Waals surface area contributed by atoms with Gasteiger partial charge in [0.15, 0.2) is 0 Å². The van der Waals surface area contributed by atoms with Crippen LogP contribution >= 0.6 is 0 Å². The summed E-state index contributed by atoms with van der Waals surface area (Å²) in [5, 5.41) is 3.63. The molecular weight excluding hydrogens is 238 g/mol. The number of nitrogens with zero attached hydrogens (tertiary/aromatic N) is 2. The van der Waals surface area contributed by atoms with Crippen LogP contribution in [0, 0.1) is 5.92 Å². The Morgan fingerprint density at radius 1 is 1.21 bits per heavy atom. The topological polar surface area (TPSA) is 39.1 Å². The molecule has 0 bridgehead atoms. The second-order valence-corrected chi connectivity index (χ2v) is 5.97. The Kier molecular flexibility index (Phi) is 4.38. The summed E-state index contributed by atoms with van der Waals surface area (Å²) >= 11 is 0. The molecule has 0 amide bonds. The van der Waals surface area contributed by atoms with Gasteiger partial charge in [-0.05, 0) is 25.7 Å². The van der Waals surface area contributed by atoms with Gasteiger partial charge in [0.05, 0.1) is 6.61 Å². The van der Waals surface area contributed by atoms with E-state index in [1.807, 2.05) is 6.20 Å². The summed E-state index contributed by atoms with van der Waals surface area (Å²) in [6, 6.07) is 0.623. The quantitative estimate of drug-likeness (QED) is 0.907. The lowest BCUT2D eigenvalue weighted by atomic mass is 9.96. The minimum absolute atomic E-state index is 0.623. The van der Waals surface area contributed by atoms with Crippen LogP contribution in [0.1, 0.15) is 44.9 Å². The van der Waals surface area contributed by atoms with Gasteiger partial charge in [-0.3, -0.25) is 0 Å². The van der Waals surface area contributed by atoms with Crippen LogP contribution in [0.25, 0.3) is 0 Å². The highest BCUT2D eigenvalue weighted by Crippen LogP contribution is 2.22. The summed E-state index contributed by atoms with van der Waals surface area (Å²) in [5.74, 6) is 1.70. The van der Waals surface area contributed by atoms with E-state index >= 15 is 0 Å². The summed E-state index contributed by atoms with van der Waals surface area (Å²) < 4.78 is 7.84. The summed E-state index contributed by atoms with van der Waals surface area (Å²) in [7, 11) is 0. The number of anilines is 1. The van der Waals surface area contributed by atoms with Gasteiger partial charge in [0.2, 0.25) is 5.95 Å². The molecule has 1 aromatic heterocycles. The zero-order chi connectivity index (χ0) is 12.9. The van der Waals surface area contributed by atoms with E-state index in [1.165, 1.54) is 44.9 Å². The summed E-state index contributed by atoms with van der Waals surface area (Å²) in [6.45, 7) is 2.88. The van der Waals surface area contributed by atoms with Crippen molar-refractivity contribution >= 4 is 5.95 Å². The summed E-state index contributed by atoms with van der Waals surface area (Å²) in [6.07, 6.45) is 13.2. The molecule has 106 valence electrons. The Morgan fingerprint density at radius 2 is 2.11 bits per heavy atom. The minimum atomic E-state index is 0.623. The van der Waals surface area contributed by atoms with Gasteiger partial charge < -0.3 is 14.6 Å². The molecule has 1 N–H and O–H groups in total. The second-order valence-electron chi connectivity index (χ2n) is 5.97. The van der Waals surface area contributed by atoms with E-state index in [0.29, 0.717) is 12.0 Å². The molecule has 1 aliphatic carbocycles. The van der Waals surface area contributed by atoms with Crippen molar-refractivity contribution in [3.63, 3.8) is 0 Å². The van der Waals surface area contributed by atoms with Gasteiger partial charge >= 0.3 is 0 Å². The molecule has 19 heavy (non-hydrogen) atoms. The highest BCUT2D eigenvalue weighted by atomic mass is 16.5. The van der Waals surface area contributed by atoms with Crippen LogP contribution in [0.3, 0.4) is 0 Å². The first-order valence-electron chi connectivity index (χ1n) is 7.77. The highest BCUT2D eigenvalue weighted by Gasteiger charge is 2.18. The monoisotopic (exact) mass is 263 g/mol. The van der Waals surface area contributed by atoms with Crippen LogP contribution in [0.15, 0.2) is 12.4 Å². The molecule has 0 spiro atoms. The average molecular weight is 263 g/mol. The van der Waals surface area contributed by atoms with Gasteiger partial charge in [-0.1, -0.05) is 19.3 Å². The molecule has 1 saturated carbocycles. The van der Waals surface area contributed by atoms with E-state index in [0.717, 1.165) is 25.7 Å². The van der Waals surface area contributed by atoms with Crippen molar-refractivity contribution in [3.05, 3.63) is 12.4 Å². The van der Waals surface area contributed by atoms with Gasteiger partial charge in [0.1, 0.15) is 0 Å². The Bertz CT molecular complexity index is 344. The van der Waals surface area contributed by atoms with Crippen LogP contribution in [0.2, 0.25) is 0 Å². The number of rotatable bonds is 4. The number of imidazole rings is 1. The lowest BCUT2D eigenvalue weighted by Crippen LogP contribution is -2.26. The first-order chi connectivity index (χ1) is 9.42. The zero-order valence-electron chi connectivity index (χ0n) is 11.7. The molecule has 1 aromatic rings. The van der Waals surface area contributed by atoms with Crippen molar-refractivity contribution in [2.24, 2.45) is 5.92 Å². The lowest BCUT2D eigenvalue weighted by molar-refractivity contribution is 0.0485. The van der Waals surface area contributed by atoms with Crippen molar-refractivity contribution in [2.75, 3.05) is 18.5 Å².